The monoisotopic (exact) mass is 248 g/mol. The van der Waals surface area contributed by atoms with E-state index >= 15 is 0 Å². The van der Waals surface area contributed by atoms with Crippen LogP contribution < -0.4 is 11.1 Å². The van der Waals surface area contributed by atoms with Crippen molar-refractivity contribution in [2.24, 2.45) is 5.73 Å². The van der Waals surface area contributed by atoms with Crippen molar-refractivity contribution in [1.82, 2.24) is 9.97 Å². The first-order valence-electron chi connectivity index (χ1n) is 5.13. The molecule has 0 saturated carbocycles. The third kappa shape index (κ3) is 3.01. The zero-order valence-corrected chi connectivity index (χ0v) is 9.91. The number of carbonyl (C=O) groups is 1. The average molecular weight is 248 g/mol. The zero-order chi connectivity index (χ0) is 12.1. The summed E-state index contributed by atoms with van der Waals surface area (Å²) in [6.07, 6.45) is 2.41. The van der Waals surface area contributed by atoms with E-state index in [1.807, 2.05) is 5.38 Å². The minimum absolute atomic E-state index is 0.408. The van der Waals surface area contributed by atoms with E-state index in [1.165, 1.54) is 0 Å². The molecular formula is C11H12N4OS. The number of carbonyl (C=O) groups excluding carboxylic acids is 1. The number of aromatic nitrogens is 2. The Hall–Kier alpha value is -1.95. The van der Waals surface area contributed by atoms with Gasteiger partial charge in [0.15, 0.2) is 0 Å². The lowest BCUT2D eigenvalue weighted by molar-refractivity contribution is 0.100. The number of anilines is 1. The number of hydrogen-bond donors (Lipinski definition) is 2. The Balaban J connectivity index is 1.97. The molecule has 0 unspecified atom stereocenters. The summed E-state index contributed by atoms with van der Waals surface area (Å²) in [4.78, 5) is 19.4. The molecule has 2 aromatic rings. The van der Waals surface area contributed by atoms with Gasteiger partial charge in [-0.1, -0.05) is 0 Å². The van der Waals surface area contributed by atoms with E-state index in [2.05, 4.69) is 15.3 Å². The summed E-state index contributed by atoms with van der Waals surface area (Å²) >= 11 is 1.57. The topological polar surface area (TPSA) is 80.9 Å². The summed E-state index contributed by atoms with van der Waals surface area (Å²) < 4.78 is 0. The van der Waals surface area contributed by atoms with Crippen LogP contribution in [0, 0.1) is 0 Å². The van der Waals surface area contributed by atoms with E-state index in [0.717, 1.165) is 12.1 Å². The Labute approximate surface area is 103 Å². The van der Waals surface area contributed by atoms with Crippen LogP contribution in [0.4, 0.5) is 5.82 Å². The molecule has 0 aromatic carbocycles. The number of rotatable bonds is 5. The van der Waals surface area contributed by atoms with E-state index < -0.39 is 5.91 Å². The molecule has 2 heterocycles. The number of primary amides is 1. The summed E-state index contributed by atoms with van der Waals surface area (Å²) in [5.41, 5.74) is 8.48. The lowest BCUT2D eigenvalue weighted by Crippen LogP contribution is -2.16. The number of pyridine rings is 1. The van der Waals surface area contributed by atoms with Gasteiger partial charge in [-0.15, -0.1) is 11.3 Å². The number of nitrogens with zero attached hydrogens (tertiary/aromatic N) is 2. The lowest BCUT2D eigenvalue weighted by atomic mass is 10.2. The van der Waals surface area contributed by atoms with Crippen LogP contribution in [-0.2, 0) is 6.42 Å². The molecule has 17 heavy (non-hydrogen) atoms. The molecule has 5 nitrogen and oxygen atoms in total. The zero-order valence-electron chi connectivity index (χ0n) is 9.09. The second kappa shape index (κ2) is 5.40. The fourth-order valence-electron chi connectivity index (χ4n) is 1.41. The number of hydrogen-bond acceptors (Lipinski definition) is 5. The normalized spacial score (nSPS) is 10.1. The fourth-order valence-corrected chi connectivity index (χ4v) is 2.01. The van der Waals surface area contributed by atoms with Crippen LogP contribution in [-0.4, -0.2) is 22.4 Å². The summed E-state index contributed by atoms with van der Waals surface area (Å²) in [6, 6.07) is 3.34. The lowest BCUT2D eigenvalue weighted by Gasteiger charge is -2.07. The molecule has 2 aromatic heterocycles. The Bertz CT molecular complexity index is 498. The number of thiazole rings is 1. The largest absolute Gasteiger partial charge is 0.369 e. The van der Waals surface area contributed by atoms with Crippen LogP contribution in [0.25, 0.3) is 0 Å². The second-order valence-electron chi connectivity index (χ2n) is 3.42. The molecule has 0 atom stereocenters. The van der Waals surface area contributed by atoms with Crippen LogP contribution in [0.1, 0.15) is 16.1 Å². The molecule has 2 rings (SSSR count). The summed E-state index contributed by atoms with van der Waals surface area (Å²) in [5.74, 6) is 0.0458. The predicted octanol–water partition coefficient (Wildman–Crippen LogP) is 1.29. The molecule has 0 aliphatic carbocycles. The smallest absolute Gasteiger partial charge is 0.252 e. The predicted molar refractivity (Wildman–Crippen MR) is 67.1 cm³/mol. The van der Waals surface area contributed by atoms with Gasteiger partial charge in [-0.25, -0.2) is 9.97 Å². The maximum Gasteiger partial charge on any atom is 0.252 e. The van der Waals surface area contributed by atoms with Crippen LogP contribution in [0.2, 0.25) is 0 Å². The van der Waals surface area contributed by atoms with Gasteiger partial charge in [0.2, 0.25) is 0 Å². The molecule has 3 N–H and O–H groups in total. The summed E-state index contributed by atoms with van der Waals surface area (Å²) in [7, 11) is 0. The van der Waals surface area contributed by atoms with Crippen molar-refractivity contribution in [3.05, 3.63) is 40.5 Å². The Morgan fingerprint density at radius 1 is 1.47 bits per heavy atom. The second-order valence-corrected chi connectivity index (χ2v) is 4.14. The third-order valence-corrected chi connectivity index (χ3v) is 2.87. The highest BCUT2D eigenvalue weighted by molar-refractivity contribution is 7.07. The Kier molecular flexibility index (Phi) is 3.66. The van der Waals surface area contributed by atoms with E-state index in [4.69, 9.17) is 5.73 Å². The Morgan fingerprint density at radius 2 is 2.35 bits per heavy atom. The van der Waals surface area contributed by atoms with Gasteiger partial charge in [-0.3, -0.25) is 4.79 Å². The van der Waals surface area contributed by atoms with Gasteiger partial charge in [0.25, 0.3) is 5.91 Å². The molecule has 0 bridgehead atoms. The molecule has 0 fully saturated rings. The quantitative estimate of drug-likeness (QED) is 0.835. The standard InChI is InChI=1S/C11H12N4OS/c12-10(16)9-2-1-4-13-11(9)14-5-3-8-6-17-7-15-8/h1-2,4,6-7H,3,5H2,(H2,12,16)(H,13,14). The van der Waals surface area contributed by atoms with Gasteiger partial charge in [-0.2, -0.15) is 0 Å². The Morgan fingerprint density at radius 3 is 3.06 bits per heavy atom. The van der Waals surface area contributed by atoms with Crippen LogP contribution >= 0.6 is 11.3 Å². The SMILES string of the molecule is NC(=O)c1cccnc1NCCc1cscn1. The minimum atomic E-state index is -0.478. The molecular weight excluding hydrogens is 236 g/mol. The number of nitrogens with two attached hydrogens (primary N) is 1. The summed E-state index contributed by atoms with van der Waals surface area (Å²) in [6.45, 7) is 0.668. The maximum atomic E-state index is 11.1. The fraction of sp³-hybridized carbons (Fsp3) is 0.182. The van der Waals surface area contributed by atoms with Crippen molar-refractivity contribution in [2.45, 2.75) is 6.42 Å². The highest BCUT2D eigenvalue weighted by Crippen LogP contribution is 2.10. The van der Waals surface area contributed by atoms with Crippen molar-refractivity contribution in [2.75, 3.05) is 11.9 Å². The van der Waals surface area contributed by atoms with Crippen LogP contribution in [0.5, 0.6) is 0 Å². The van der Waals surface area contributed by atoms with Crippen molar-refractivity contribution >= 4 is 23.1 Å². The van der Waals surface area contributed by atoms with Crippen molar-refractivity contribution in [3.63, 3.8) is 0 Å². The highest BCUT2D eigenvalue weighted by atomic mass is 32.1. The summed E-state index contributed by atoms with van der Waals surface area (Å²) in [5, 5.41) is 5.08. The van der Waals surface area contributed by atoms with E-state index in [0.29, 0.717) is 17.9 Å². The average Bonchev–Trinajstić information content (AvgIpc) is 2.82. The van der Waals surface area contributed by atoms with Gasteiger partial charge < -0.3 is 11.1 Å². The first-order chi connectivity index (χ1) is 8.27. The molecule has 0 radical (unpaired) electrons. The molecule has 88 valence electrons. The maximum absolute atomic E-state index is 11.1. The van der Waals surface area contributed by atoms with Gasteiger partial charge in [0, 0.05) is 24.5 Å². The van der Waals surface area contributed by atoms with Crippen molar-refractivity contribution in [3.8, 4) is 0 Å². The molecule has 0 spiro atoms. The number of nitrogens with one attached hydrogen (secondary N) is 1. The first kappa shape index (κ1) is 11.5. The van der Waals surface area contributed by atoms with Crippen molar-refractivity contribution in [1.29, 1.82) is 0 Å². The van der Waals surface area contributed by atoms with Crippen LogP contribution in [0.15, 0.2) is 29.2 Å². The highest BCUT2D eigenvalue weighted by Gasteiger charge is 2.07. The van der Waals surface area contributed by atoms with E-state index in [1.54, 1.807) is 35.2 Å². The third-order valence-electron chi connectivity index (χ3n) is 2.23. The van der Waals surface area contributed by atoms with Crippen LogP contribution in [0.3, 0.4) is 0 Å². The molecule has 0 aliphatic heterocycles. The van der Waals surface area contributed by atoms with E-state index in [-0.39, 0.29) is 0 Å². The van der Waals surface area contributed by atoms with Gasteiger partial charge >= 0.3 is 0 Å². The molecule has 0 aliphatic rings. The first-order valence-corrected chi connectivity index (χ1v) is 6.07. The molecule has 0 saturated heterocycles. The van der Waals surface area contributed by atoms with E-state index in [9.17, 15) is 4.79 Å². The van der Waals surface area contributed by atoms with Gasteiger partial charge in [0.1, 0.15) is 5.82 Å². The number of amides is 1. The molecule has 6 heteroatoms. The van der Waals surface area contributed by atoms with Gasteiger partial charge in [0.05, 0.1) is 16.8 Å². The minimum Gasteiger partial charge on any atom is -0.369 e. The molecule has 1 amide bonds. The van der Waals surface area contributed by atoms with Crippen molar-refractivity contribution < 1.29 is 4.79 Å². The van der Waals surface area contributed by atoms with Gasteiger partial charge in [-0.05, 0) is 12.1 Å².